The number of aliphatic imine (C=N–C) groups is 2. The molecule has 0 radical (unpaired) electrons. The van der Waals surface area contributed by atoms with Crippen molar-refractivity contribution in [3.63, 3.8) is 0 Å². The van der Waals surface area contributed by atoms with Crippen molar-refractivity contribution in [1.29, 1.82) is 0 Å². The second-order valence-corrected chi connectivity index (χ2v) is 19.4. The van der Waals surface area contributed by atoms with Gasteiger partial charge >= 0.3 is 0 Å². The smallest absolute Gasteiger partial charge is 0.256 e. The van der Waals surface area contributed by atoms with Gasteiger partial charge in [-0.25, -0.2) is 4.68 Å². The highest BCUT2D eigenvalue weighted by atomic mass is 16.2. The van der Waals surface area contributed by atoms with E-state index in [0.717, 1.165) is 157 Å². The minimum Gasteiger partial charge on any atom is -0.294 e. The van der Waals surface area contributed by atoms with Crippen LogP contribution < -0.4 is 0 Å². The highest BCUT2D eigenvalue weighted by Gasteiger charge is 2.50. The molecule has 4 aliphatic rings. The lowest BCUT2D eigenvalue weighted by molar-refractivity contribution is -0.132. The second-order valence-electron chi connectivity index (χ2n) is 19.4. The first kappa shape index (κ1) is 50.5. The Morgan fingerprint density at radius 1 is 0.521 bits per heavy atom. The summed E-state index contributed by atoms with van der Waals surface area (Å²) >= 11 is 0. The van der Waals surface area contributed by atoms with Crippen molar-refractivity contribution in [2.75, 3.05) is 0 Å². The molecule has 0 atom stereocenters. The highest BCUT2D eigenvalue weighted by molar-refractivity contribution is 6.09. The van der Waals surface area contributed by atoms with Crippen molar-refractivity contribution in [1.82, 2.24) is 50.6 Å². The van der Waals surface area contributed by atoms with Crippen molar-refractivity contribution in [2.24, 2.45) is 9.98 Å². The number of nitrogens with zero attached hydrogens (tertiary/aromatic N) is 11. The number of hydrogen-bond acceptors (Lipinski definition) is 10. The first-order valence-corrected chi connectivity index (χ1v) is 26.6. The van der Waals surface area contributed by atoms with Crippen LogP contribution in [0.25, 0.3) is 45.0 Å². The molecular formula is C59H68N12O2. The van der Waals surface area contributed by atoms with E-state index in [1.807, 2.05) is 76.9 Å². The number of carbonyl (C=O) groups excluding carboxylic acids is 2. The van der Waals surface area contributed by atoms with Crippen LogP contribution in [0.2, 0.25) is 0 Å². The number of unbranched alkanes of at least 4 members (excludes halogenated alkanes) is 2. The SMILES string of the molecule is CC.CCCCC1=NC2(CCCC2)C(=O)N1Cc1ccc(-c2ccccc2-c2nn[nH]n2)cc1.CCCCC1=NC2(CCCC2)C(=O)N1Cc1ccc(-c2ccccc2-c2nnnn2Cc2ccccc2)cc1. The zero-order chi connectivity index (χ0) is 50.6. The van der Waals surface area contributed by atoms with Gasteiger partial charge in [0, 0.05) is 24.0 Å². The van der Waals surface area contributed by atoms with Crippen LogP contribution in [-0.4, -0.2) is 85.2 Å². The summed E-state index contributed by atoms with van der Waals surface area (Å²) in [5.74, 6) is 3.66. The summed E-state index contributed by atoms with van der Waals surface area (Å²) in [5.41, 5.74) is 8.59. The van der Waals surface area contributed by atoms with E-state index in [0.29, 0.717) is 25.5 Å². The molecule has 2 fully saturated rings. The predicted molar refractivity (Wildman–Crippen MR) is 288 cm³/mol. The summed E-state index contributed by atoms with van der Waals surface area (Å²) < 4.78 is 1.84. The van der Waals surface area contributed by atoms with Crippen LogP contribution in [-0.2, 0) is 29.2 Å². The summed E-state index contributed by atoms with van der Waals surface area (Å²) in [6, 6.07) is 43.4. The summed E-state index contributed by atoms with van der Waals surface area (Å²) in [6.07, 6.45) is 14.0. The number of amides is 2. The third kappa shape index (κ3) is 11.0. The second kappa shape index (κ2) is 23.4. The largest absolute Gasteiger partial charge is 0.294 e. The number of nitrogens with one attached hydrogen (secondary N) is 1. The summed E-state index contributed by atoms with van der Waals surface area (Å²) in [6.45, 7) is 10.1. The molecule has 7 aromatic rings. The highest BCUT2D eigenvalue weighted by Crippen LogP contribution is 2.42. The summed E-state index contributed by atoms with van der Waals surface area (Å²) in [4.78, 5) is 40.8. The van der Waals surface area contributed by atoms with Gasteiger partial charge in [-0.1, -0.05) is 194 Å². The van der Waals surface area contributed by atoms with Crippen molar-refractivity contribution in [3.8, 4) is 45.0 Å². The van der Waals surface area contributed by atoms with Gasteiger partial charge < -0.3 is 0 Å². The summed E-state index contributed by atoms with van der Waals surface area (Å²) in [5, 5.41) is 27.1. The number of amidine groups is 2. The van der Waals surface area contributed by atoms with Gasteiger partial charge in [-0.05, 0) is 93.1 Å². The fourth-order valence-electron chi connectivity index (χ4n) is 10.7. The number of hydrogen-bond donors (Lipinski definition) is 1. The molecule has 2 saturated carbocycles. The van der Waals surface area contributed by atoms with Crippen molar-refractivity contribution in [2.45, 2.75) is 148 Å². The van der Waals surface area contributed by atoms with E-state index in [2.05, 4.69) is 129 Å². The number of aromatic nitrogens is 8. The van der Waals surface area contributed by atoms with Gasteiger partial charge in [-0.3, -0.25) is 29.4 Å². The topological polar surface area (TPSA) is 163 Å². The Morgan fingerprint density at radius 3 is 1.45 bits per heavy atom. The Morgan fingerprint density at radius 2 is 0.973 bits per heavy atom. The van der Waals surface area contributed by atoms with Crippen LogP contribution >= 0.6 is 0 Å². The molecule has 11 rings (SSSR count). The maximum atomic E-state index is 13.5. The molecule has 73 heavy (non-hydrogen) atoms. The van der Waals surface area contributed by atoms with Crippen molar-refractivity contribution < 1.29 is 9.59 Å². The predicted octanol–water partition coefficient (Wildman–Crippen LogP) is 12.1. The normalized spacial score (nSPS) is 16.4. The molecule has 1 N–H and O–H groups in total. The van der Waals surface area contributed by atoms with Crippen LogP contribution in [0.1, 0.15) is 134 Å². The molecule has 2 amide bonds. The maximum absolute atomic E-state index is 13.5. The van der Waals surface area contributed by atoms with E-state index in [1.165, 1.54) is 0 Å². The van der Waals surface area contributed by atoms with Gasteiger partial charge in [0.2, 0.25) is 5.82 Å². The summed E-state index contributed by atoms with van der Waals surface area (Å²) in [7, 11) is 0. The van der Waals surface area contributed by atoms with Gasteiger partial charge in [0.05, 0.1) is 19.6 Å². The zero-order valence-electron chi connectivity index (χ0n) is 42.9. The Hall–Kier alpha value is -7.48. The molecule has 2 aliphatic carbocycles. The van der Waals surface area contributed by atoms with E-state index in [9.17, 15) is 9.59 Å². The van der Waals surface area contributed by atoms with Gasteiger partial charge in [-0.2, -0.15) is 5.21 Å². The van der Waals surface area contributed by atoms with Crippen LogP contribution in [0.5, 0.6) is 0 Å². The molecule has 4 heterocycles. The first-order chi connectivity index (χ1) is 35.9. The number of benzene rings is 5. The molecule has 376 valence electrons. The molecule has 2 aliphatic heterocycles. The first-order valence-electron chi connectivity index (χ1n) is 26.6. The molecule has 5 aromatic carbocycles. The minimum atomic E-state index is -0.494. The Kier molecular flexibility index (Phi) is 16.2. The number of H-pyrrole nitrogens is 1. The molecule has 0 bridgehead atoms. The van der Waals surface area contributed by atoms with E-state index in [4.69, 9.17) is 9.98 Å². The molecule has 14 nitrogen and oxygen atoms in total. The van der Waals surface area contributed by atoms with Gasteiger partial charge in [-0.15, -0.1) is 15.3 Å². The molecular weight excluding hydrogens is 909 g/mol. The number of tetrazole rings is 2. The van der Waals surface area contributed by atoms with E-state index in [-0.39, 0.29) is 11.8 Å². The molecule has 0 unspecified atom stereocenters. The van der Waals surface area contributed by atoms with Crippen LogP contribution in [0, 0.1) is 0 Å². The molecule has 0 saturated heterocycles. The zero-order valence-corrected chi connectivity index (χ0v) is 42.9. The van der Waals surface area contributed by atoms with Crippen LogP contribution in [0.3, 0.4) is 0 Å². The molecule has 2 aromatic heterocycles. The standard InChI is InChI=1S/C32H34N6O.C25H28N6O.C2H6/c1-2-3-15-29-33-32(20-9-10-21-32)31(39)37(29)22-25-16-18-26(19-17-25)27-13-7-8-14-28(27)30-34-35-36-38(30)23-24-11-5-4-6-12-24;1-2-3-10-22-26-25(15-6-7-16-25)24(32)31(22)17-18-11-13-19(14-12-18)20-8-4-5-9-21(20)23-27-29-30-28-23;1-2/h4-8,11-14,16-19H,2-3,9-10,15,20-23H2,1H3;4-5,8-9,11-14H,2-3,6-7,10,15-17H2,1H3,(H,27,28,29,30);1-2H3. The lowest BCUT2D eigenvalue weighted by Crippen LogP contribution is -2.40. The maximum Gasteiger partial charge on any atom is 0.256 e. The van der Waals surface area contributed by atoms with Gasteiger partial charge in [0.15, 0.2) is 5.82 Å². The van der Waals surface area contributed by atoms with Gasteiger partial charge in [0.25, 0.3) is 11.8 Å². The quantitative estimate of drug-likeness (QED) is 0.1000. The van der Waals surface area contributed by atoms with Crippen molar-refractivity contribution >= 4 is 23.5 Å². The molecule has 2 spiro atoms. The Labute approximate surface area is 429 Å². The van der Waals surface area contributed by atoms with Crippen LogP contribution in [0.15, 0.2) is 137 Å². The van der Waals surface area contributed by atoms with Gasteiger partial charge in [0.1, 0.15) is 22.7 Å². The minimum absolute atomic E-state index is 0.200. The Balaban J connectivity index is 0.000000177. The van der Waals surface area contributed by atoms with E-state index >= 15 is 0 Å². The average Bonchev–Trinajstić information content (AvgIpc) is 4.34. The lowest BCUT2D eigenvalue weighted by Gasteiger charge is -2.23. The average molecular weight is 977 g/mol. The van der Waals surface area contributed by atoms with Crippen molar-refractivity contribution in [3.05, 3.63) is 144 Å². The van der Waals surface area contributed by atoms with E-state index < -0.39 is 11.1 Å². The fraction of sp³-hybridized carbons (Fsp3) is 0.390. The third-order valence-electron chi connectivity index (χ3n) is 14.6. The number of rotatable bonds is 16. The third-order valence-corrected chi connectivity index (χ3v) is 14.6. The fourth-order valence-corrected chi connectivity index (χ4v) is 10.7. The van der Waals surface area contributed by atoms with Crippen LogP contribution in [0.4, 0.5) is 0 Å². The number of aromatic amines is 1. The Bertz CT molecular complexity index is 2990. The van der Waals surface area contributed by atoms with E-state index in [1.54, 1.807) is 0 Å². The number of carbonyl (C=O) groups is 2. The molecule has 14 heteroatoms. The monoisotopic (exact) mass is 977 g/mol. The lowest BCUT2D eigenvalue weighted by atomic mass is 9.97.